The number of hydrogen-bond acceptors (Lipinski definition) is 3. The molecule has 0 radical (unpaired) electrons. The van der Waals surface area contributed by atoms with Gasteiger partial charge in [-0.25, -0.2) is 0 Å². The van der Waals surface area contributed by atoms with Gasteiger partial charge in [-0.3, -0.25) is 0 Å². The number of aliphatic hydroxyl groups is 2. The van der Waals surface area contributed by atoms with Gasteiger partial charge in [-0.1, -0.05) is 22.0 Å². The second kappa shape index (κ2) is 4.51. The molecule has 0 spiro atoms. The highest BCUT2D eigenvalue weighted by Gasteiger charge is 2.22. The number of β-amino-alcohol motifs (C(OH)–C–C–N with tert-alkyl or cyclic N) is 1. The summed E-state index contributed by atoms with van der Waals surface area (Å²) in [6, 6.07) is 5.81. The maximum Gasteiger partial charge on any atom is 0.0731 e. The molecule has 1 aliphatic heterocycles. The minimum absolute atomic E-state index is 0.0369. The van der Waals surface area contributed by atoms with Gasteiger partial charge in [0.1, 0.15) is 0 Å². The van der Waals surface area contributed by atoms with Crippen molar-refractivity contribution in [1.29, 1.82) is 0 Å². The Kier molecular flexibility index (Phi) is 3.29. The van der Waals surface area contributed by atoms with Crippen LogP contribution in [-0.2, 0) is 6.61 Å². The highest BCUT2D eigenvalue weighted by Crippen LogP contribution is 2.28. The zero-order valence-corrected chi connectivity index (χ0v) is 9.94. The lowest BCUT2D eigenvalue weighted by molar-refractivity contribution is 0.198. The van der Waals surface area contributed by atoms with Crippen molar-refractivity contribution in [2.24, 2.45) is 0 Å². The van der Waals surface area contributed by atoms with Gasteiger partial charge in [0.15, 0.2) is 0 Å². The summed E-state index contributed by atoms with van der Waals surface area (Å²) in [4.78, 5) is 2.11. The highest BCUT2D eigenvalue weighted by atomic mass is 79.9. The van der Waals surface area contributed by atoms with Crippen LogP contribution in [-0.4, -0.2) is 29.4 Å². The predicted octanol–water partition coefficient (Wildman–Crippen LogP) is 1.51. The van der Waals surface area contributed by atoms with Crippen molar-refractivity contribution in [2.75, 3.05) is 18.0 Å². The first-order chi connectivity index (χ1) is 7.20. The van der Waals surface area contributed by atoms with E-state index in [1.54, 1.807) is 0 Å². The predicted molar refractivity (Wildman–Crippen MR) is 62.9 cm³/mol. The van der Waals surface area contributed by atoms with E-state index in [9.17, 15) is 10.2 Å². The lowest BCUT2D eigenvalue weighted by atomic mass is 10.2. The highest BCUT2D eigenvalue weighted by molar-refractivity contribution is 9.10. The van der Waals surface area contributed by atoms with E-state index in [1.165, 1.54) is 0 Å². The number of aliphatic hydroxyl groups excluding tert-OH is 2. The molecular weight excluding hydrogens is 258 g/mol. The maximum absolute atomic E-state index is 9.48. The molecule has 1 aromatic carbocycles. The Hall–Kier alpha value is -0.580. The summed E-state index contributed by atoms with van der Waals surface area (Å²) < 4.78 is 0.996. The molecule has 1 aromatic rings. The summed E-state index contributed by atoms with van der Waals surface area (Å²) in [7, 11) is 0. The third-order valence-corrected chi connectivity index (χ3v) is 3.22. The first kappa shape index (κ1) is 10.9. The molecule has 15 heavy (non-hydrogen) atoms. The monoisotopic (exact) mass is 271 g/mol. The second-order valence-electron chi connectivity index (χ2n) is 3.82. The van der Waals surface area contributed by atoms with Crippen molar-refractivity contribution < 1.29 is 10.2 Å². The van der Waals surface area contributed by atoms with E-state index in [2.05, 4.69) is 20.8 Å². The molecule has 1 aliphatic rings. The van der Waals surface area contributed by atoms with E-state index in [1.807, 2.05) is 18.2 Å². The van der Waals surface area contributed by atoms with Crippen LogP contribution in [0.2, 0.25) is 0 Å². The molecule has 0 bridgehead atoms. The minimum atomic E-state index is -0.240. The molecular formula is C11H14BrNO2. The lowest BCUT2D eigenvalue weighted by Crippen LogP contribution is -2.22. The van der Waals surface area contributed by atoms with Crippen LogP contribution in [0.15, 0.2) is 22.7 Å². The SMILES string of the molecule is OCc1ccc(Br)cc1N1CCC(O)C1. The van der Waals surface area contributed by atoms with Crippen LogP contribution in [0.3, 0.4) is 0 Å². The van der Waals surface area contributed by atoms with Gasteiger partial charge in [0.2, 0.25) is 0 Å². The maximum atomic E-state index is 9.48. The van der Waals surface area contributed by atoms with E-state index in [0.29, 0.717) is 6.54 Å². The molecule has 2 rings (SSSR count). The molecule has 1 heterocycles. The molecule has 2 N–H and O–H groups in total. The number of rotatable bonds is 2. The summed E-state index contributed by atoms with van der Waals surface area (Å²) >= 11 is 3.42. The number of hydrogen-bond donors (Lipinski definition) is 2. The molecule has 0 aromatic heterocycles. The Labute approximate surface area is 97.5 Å². The van der Waals surface area contributed by atoms with Crippen molar-refractivity contribution in [3.63, 3.8) is 0 Å². The van der Waals surface area contributed by atoms with Gasteiger partial charge in [-0.2, -0.15) is 0 Å². The lowest BCUT2D eigenvalue weighted by Gasteiger charge is -2.21. The molecule has 0 amide bonds. The minimum Gasteiger partial charge on any atom is -0.392 e. The molecule has 1 atom stereocenters. The van der Waals surface area contributed by atoms with Crippen LogP contribution >= 0.6 is 15.9 Å². The molecule has 1 saturated heterocycles. The summed E-state index contributed by atoms with van der Waals surface area (Å²) in [5, 5.41) is 18.7. The van der Waals surface area contributed by atoms with Crippen molar-refractivity contribution >= 4 is 21.6 Å². The van der Waals surface area contributed by atoms with Crippen LogP contribution in [0.4, 0.5) is 5.69 Å². The summed E-state index contributed by atoms with van der Waals surface area (Å²) in [6.45, 7) is 1.54. The average molecular weight is 272 g/mol. The fourth-order valence-electron chi connectivity index (χ4n) is 1.93. The van der Waals surface area contributed by atoms with Crippen molar-refractivity contribution in [3.05, 3.63) is 28.2 Å². The number of anilines is 1. The van der Waals surface area contributed by atoms with Crippen LogP contribution in [0, 0.1) is 0 Å². The second-order valence-corrected chi connectivity index (χ2v) is 4.74. The fraction of sp³-hybridized carbons (Fsp3) is 0.455. The van der Waals surface area contributed by atoms with E-state index in [-0.39, 0.29) is 12.7 Å². The van der Waals surface area contributed by atoms with Gasteiger partial charge in [0.25, 0.3) is 0 Å². The molecule has 82 valence electrons. The first-order valence-electron chi connectivity index (χ1n) is 5.03. The zero-order chi connectivity index (χ0) is 10.8. The molecule has 1 fully saturated rings. The van der Waals surface area contributed by atoms with Crippen LogP contribution in [0.25, 0.3) is 0 Å². The zero-order valence-electron chi connectivity index (χ0n) is 8.36. The Balaban J connectivity index is 2.29. The molecule has 4 heteroatoms. The van der Waals surface area contributed by atoms with Gasteiger partial charge in [-0.15, -0.1) is 0 Å². The van der Waals surface area contributed by atoms with Crippen molar-refractivity contribution in [3.8, 4) is 0 Å². The fourth-order valence-corrected chi connectivity index (χ4v) is 2.27. The van der Waals surface area contributed by atoms with Crippen LogP contribution in [0.1, 0.15) is 12.0 Å². The van der Waals surface area contributed by atoms with E-state index in [4.69, 9.17) is 0 Å². The normalized spacial score (nSPS) is 21.0. The Morgan fingerprint density at radius 3 is 2.87 bits per heavy atom. The Morgan fingerprint density at radius 2 is 2.27 bits per heavy atom. The Bertz CT molecular complexity index is 356. The largest absolute Gasteiger partial charge is 0.392 e. The third kappa shape index (κ3) is 2.33. The smallest absolute Gasteiger partial charge is 0.0731 e. The molecule has 1 unspecified atom stereocenters. The first-order valence-corrected chi connectivity index (χ1v) is 5.82. The van der Waals surface area contributed by atoms with Crippen LogP contribution < -0.4 is 4.90 Å². The van der Waals surface area contributed by atoms with E-state index < -0.39 is 0 Å². The third-order valence-electron chi connectivity index (χ3n) is 2.72. The standard InChI is InChI=1S/C11H14BrNO2/c12-9-2-1-8(7-14)11(5-9)13-4-3-10(15)6-13/h1-2,5,10,14-15H,3-4,6-7H2. The quantitative estimate of drug-likeness (QED) is 0.857. The molecule has 0 saturated carbocycles. The van der Waals surface area contributed by atoms with Gasteiger partial charge < -0.3 is 15.1 Å². The van der Waals surface area contributed by atoms with E-state index in [0.717, 1.165) is 28.7 Å². The Morgan fingerprint density at radius 1 is 1.47 bits per heavy atom. The summed E-state index contributed by atoms with van der Waals surface area (Å²) in [5.41, 5.74) is 1.93. The van der Waals surface area contributed by atoms with Gasteiger partial charge in [-0.05, 0) is 18.6 Å². The van der Waals surface area contributed by atoms with Crippen molar-refractivity contribution in [2.45, 2.75) is 19.1 Å². The summed E-state index contributed by atoms with van der Waals surface area (Å²) in [5.74, 6) is 0. The van der Waals surface area contributed by atoms with E-state index >= 15 is 0 Å². The number of benzene rings is 1. The van der Waals surface area contributed by atoms with Gasteiger partial charge in [0.05, 0.1) is 12.7 Å². The number of nitrogens with zero attached hydrogens (tertiary/aromatic N) is 1. The summed E-state index contributed by atoms with van der Waals surface area (Å²) in [6.07, 6.45) is 0.563. The molecule has 3 nitrogen and oxygen atoms in total. The van der Waals surface area contributed by atoms with Crippen molar-refractivity contribution in [1.82, 2.24) is 0 Å². The molecule has 0 aliphatic carbocycles. The van der Waals surface area contributed by atoms with Crippen LogP contribution in [0.5, 0.6) is 0 Å². The topological polar surface area (TPSA) is 43.7 Å². The number of halogens is 1. The average Bonchev–Trinajstić information content (AvgIpc) is 2.65. The van der Waals surface area contributed by atoms with Gasteiger partial charge in [0, 0.05) is 28.8 Å². The van der Waals surface area contributed by atoms with Gasteiger partial charge >= 0.3 is 0 Å².